The molecule has 1 N–H and O–H groups in total. The predicted molar refractivity (Wildman–Crippen MR) is 50.1 cm³/mol. The van der Waals surface area contributed by atoms with Gasteiger partial charge in [0.1, 0.15) is 18.5 Å². The number of hydrogen-bond acceptors (Lipinski definition) is 3. The summed E-state index contributed by atoms with van der Waals surface area (Å²) in [5, 5.41) is 3.70. The molecule has 0 saturated carbocycles. The zero-order valence-electron chi connectivity index (χ0n) is 7.59. The molecule has 0 atom stereocenters. The van der Waals surface area contributed by atoms with E-state index >= 15 is 0 Å². The number of halogens is 1. The normalized spacial score (nSPS) is 9.93. The number of amides is 1. The van der Waals surface area contributed by atoms with Crippen molar-refractivity contribution < 1.29 is 9.18 Å². The van der Waals surface area contributed by atoms with Crippen LogP contribution in [0.25, 0.3) is 0 Å². The summed E-state index contributed by atoms with van der Waals surface area (Å²) < 4.78 is 12.6. The van der Waals surface area contributed by atoms with Gasteiger partial charge in [-0.1, -0.05) is 0 Å². The van der Waals surface area contributed by atoms with E-state index in [1.54, 1.807) is 0 Å². The molecule has 0 bridgehead atoms. The van der Waals surface area contributed by atoms with E-state index in [0.717, 1.165) is 0 Å². The number of nitrogens with one attached hydrogen (secondary N) is 1. The minimum Gasteiger partial charge on any atom is -0.267 e. The standard InChI is InChI=1S/C9H7FN4O/c10-8-3-1-7(2-4-8)9(15)13-14-6-11-5-12-14/h1-6H,(H,13,15). The summed E-state index contributed by atoms with van der Waals surface area (Å²) in [6.45, 7) is 0. The molecule has 1 aromatic heterocycles. The van der Waals surface area contributed by atoms with Crippen LogP contribution in [-0.4, -0.2) is 20.8 Å². The first-order valence-corrected chi connectivity index (χ1v) is 4.17. The number of carbonyl (C=O) groups excluding carboxylic acids is 1. The molecular formula is C9H7FN4O. The molecule has 0 aliphatic carbocycles. The van der Waals surface area contributed by atoms with Crippen LogP contribution in [0.4, 0.5) is 4.39 Å². The predicted octanol–water partition coefficient (Wildman–Crippen LogP) is 0.801. The number of aromatic nitrogens is 3. The second-order valence-electron chi connectivity index (χ2n) is 2.79. The summed E-state index contributed by atoms with van der Waals surface area (Å²) in [6, 6.07) is 5.22. The highest BCUT2D eigenvalue weighted by atomic mass is 19.1. The maximum Gasteiger partial charge on any atom is 0.271 e. The lowest BCUT2D eigenvalue weighted by molar-refractivity contribution is 0.100. The summed E-state index contributed by atoms with van der Waals surface area (Å²) in [5.41, 5.74) is 2.79. The fourth-order valence-electron chi connectivity index (χ4n) is 1.04. The first-order valence-electron chi connectivity index (χ1n) is 4.17. The molecule has 0 aliphatic rings. The molecule has 2 rings (SSSR count). The Bertz CT molecular complexity index is 451. The lowest BCUT2D eigenvalue weighted by Crippen LogP contribution is -2.23. The molecule has 76 valence electrons. The van der Waals surface area contributed by atoms with Gasteiger partial charge in [0.05, 0.1) is 0 Å². The lowest BCUT2D eigenvalue weighted by atomic mass is 10.2. The molecule has 0 unspecified atom stereocenters. The van der Waals surface area contributed by atoms with Crippen molar-refractivity contribution in [3.63, 3.8) is 0 Å². The van der Waals surface area contributed by atoms with Crippen LogP contribution in [0, 0.1) is 5.82 Å². The van der Waals surface area contributed by atoms with Gasteiger partial charge < -0.3 is 0 Å². The Hall–Kier alpha value is -2.24. The average Bonchev–Trinajstić information content (AvgIpc) is 2.71. The third-order valence-corrected chi connectivity index (χ3v) is 1.74. The maximum atomic E-state index is 12.6. The molecule has 1 aromatic carbocycles. The largest absolute Gasteiger partial charge is 0.271 e. The number of carbonyl (C=O) groups is 1. The van der Waals surface area contributed by atoms with Crippen molar-refractivity contribution in [2.75, 3.05) is 5.43 Å². The fraction of sp³-hybridized carbons (Fsp3) is 0. The van der Waals surface area contributed by atoms with Crippen molar-refractivity contribution >= 4 is 5.91 Å². The molecule has 6 heteroatoms. The van der Waals surface area contributed by atoms with Gasteiger partial charge in [0, 0.05) is 5.56 Å². The first kappa shape index (κ1) is 9.32. The van der Waals surface area contributed by atoms with Gasteiger partial charge in [-0.25, -0.2) is 14.8 Å². The highest BCUT2D eigenvalue weighted by Crippen LogP contribution is 2.02. The average molecular weight is 206 g/mol. The van der Waals surface area contributed by atoms with E-state index in [4.69, 9.17) is 0 Å². The van der Waals surface area contributed by atoms with Gasteiger partial charge in [-0.15, -0.1) is 5.10 Å². The monoisotopic (exact) mass is 206 g/mol. The van der Waals surface area contributed by atoms with Gasteiger partial charge in [0.15, 0.2) is 0 Å². The molecule has 0 spiro atoms. The summed E-state index contributed by atoms with van der Waals surface area (Å²) in [6.07, 6.45) is 2.65. The Morgan fingerprint density at radius 1 is 1.33 bits per heavy atom. The van der Waals surface area contributed by atoms with Crippen LogP contribution in [-0.2, 0) is 0 Å². The van der Waals surface area contributed by atoms with Crippen molar-refractivity contribution in [3.8, 4) is 0 Å². The Labute approximate surface area is 84.5 Å². The highest BCUT2D eigenvalue weighted by molar-refractivity contribution is 5.99. The SMILES string of the molecule is O=C(Nn1cncn1)c1ccc(F)cc1. The number of rotatable bonds is 2. The number of nitrogens with zero attached hydrogens (tertiary/aromatic N) is 3. The van der Waals surface area contributed by atoms with Crippen LogP contribution in [0.5, 0.6) is 0 Å². The van der Waals surface area contributed by atoms with Crippen molar-refractivity contribution in [2.24, 2.45) is 0 Å². The number of benzene rings is 1. The van der Waals surface area contributed by atoms with E-state index in [-0.39, 0.29) is 11.7 Å². The summed E-state index contributed by atoms with van der Waals surface area (Å²) in [5.74, 6) is -0.757. The van der Waals surface area contributed by atoms with E-state index in [9.17, 15) is 9.18 Å². The second kappa shape index (κ2) is 3.87. The van der Waals surface area contributed by atoms with Gasteiger partial charge in [-0.2, -0.15) is 4.79 Å². The second-order valence-corrected chi connectivity index (χ2v) is 2.79. The zero-order valence-corrected chi connectivity index (χ0v) is 7.59. The Kier molecular flexibility index (Phi) is 2.40. The zero-order chi connectivity index (χ0) is 10.7. The summed E-state index contributed by atoms with van der Waals surface area (Å²) in [4.78, 5) is 16.3. The Morgan fingerprint density at radius 3 is 2.67 bits per heavy atom. The third kappa shape index (κ3) is 2.16. The lowest BCUT2D eigenvalue weighted by Gasteiger charge is -2.03. The molecular weight excluding hydrogens is 199 g/mol. The van der Waals surface area contributed by atoms with Gasteiger partial charge in [-0.05, 0) is 24.3 Å². The molecule has 15 heavy (non-hydrogen) atoms. The summed E-state index contributed by atoms with van der Waals surface area (Å²) in [7, 11) is 0. The molecule has 1 amide bonds. The molecule has 0 saturated heterocycles. The van der Waals surface area contributed by atoms with Crippen molar-refractivity contribution in [1.29, 1.82) is 0 Å². The van der Waals surface area contributed by atoms with Gasteiger partial charge in [0.2, 0.25) is 0 Å². The Morgan fingerprint density at radius 2 is 2.07 bits per heavy atom. The first-order chi connectivity index (χ1) is 7.25. The maximum absolute atomic E-state index is 12.6. The van der Waals surface area contributed by atoms with Crippen LogP contribution >= 0.6 is 0 Å². The minimum absolute atomic E-state index is 0.354. The van der Waals surface area contributed by atoms with Crippen molar-refractivity contribution in [3.05, 3.63) is 48.3 Å². The van der Waals surface area contributed by atoms with Crippen LogP contribution in [0.15, 0.2) is 36.9 Å². The molecule has 0 aliphatic heterocycles. The van der Waals surface area contributed by atoms with Gasteiger partial charge in [0.25, 0.3) is 5.91 Å². The van der Waals surface area contributed by atoms with E-state index in [0.29, 0.717) is 5.56 Å². The quantitative estimate of drug-likeness (QED) is 0.790. The van der Waals surface area contributed by atoms with Gasteiger partial charge in [-0.3, -0.25) is 4.79 Å². The van der Waals surface area contributed by atoms with E-state index in [1.165, 1.54) is 41.7 Å². The van der Waals surface area contributed by atoms with Crippen molar-refractivity contribution in [1.82, 2.24) is 14.9 Å². The molecule has 2 aromatic rings. The molecule has 1 heterocycles. The van der Waals surface area contributed by atoms with Crippen LogP contribution in [0.1, 0.15) is 10.4 Å². The van der Waals surface area contributed by atoms with E-state index < -0.39 is 0 Å². The Balaban J connectivity index is 2.11. The van der Waals surface area contributed by atoms with E-state index in [1.807, 2.05) is 0 Å². The molecule has 0 fully saturated rings. The van der Waals surface area contributed by atoms with Gasteiger partial charge >= 0.3 is 0 Å². The highest BCUT2D eigenvalue weighted by Gasteiger charge is 2.05. The smallest absolute Gasteiger partial charge is 0.267 e. The van der Waals surface area contributed by atoms with Crippen LogP contribution in [0.2, 0.25) is 0 Å². The minimum atomic E-state index is -0.382. The fourth-order valence-corrected chi connectivity index (χ4v) is 1.04. The van der Waals surface area contributed by atoms with Crippen LogP contribution < -0.4 is 5.43 Å². The van der Waals surface area contributed by atoms with Crippen molar-refractivity contribution in [2.45, 2.75) is 0 Å². The summed E-state index contributed by atoms with van der Waals surface area (Å²) >= 11 is 0. The third-order valence-electron chi connectivity index (χ3n) is 1.74. The van der Waals surface area contributed by atoms with E-state index in [2.05, 4.69) is 15.5 Å². The molecule has 0 radical (unpaired) electrons. The number of hydrogen-bond donors (Lipinski definition) is 1. The van der Waals surface area contributed by atoms with Crippen LogP contribution in [0.3, 0.4) is 0 Å². The topological polar surface area (TPSA) is 59.8 Å². The molecule has 5 nitrogen and oxygen atoms in total.